The Labute approximate surface area is 113 Å². The van der Waals surface area contributed by atoms with Gasteiger partial charge in [0.1, 0.15) is 0 Å². The number of halogens is 1. The molecule has 0 fully saturated rings. The molecule has 0 atom stereocenters. The first-order chi connectivity index (χ1) is 9.24. The number of hydrogen-bond donors (Lipinski definition) is 2. The van der Waals surface area contributed by atoms with Gasteiger partial charge in [0.25, 0.3) is 0 Å². The van der Waals surface area contributed by atoms with Gasteiger partial charge in [0.2, 0.25) is 5.91 Å². The maximum atomic E-state index is 11.6. The zero-order valence-corrected chi connectivity index (χ0v) is 10.7. The van der Waals surface area contributed by atoms with Gasteiger partial charge >= 0.3 is 0 Å². The number of aromatic nitrogens is 2. The lowest BCUT2D eigenvalue weighted by molar-refractivity contribution is -0.116. The van der Waals surface area contributed by atoms with Crippen molar-refractivity contribution in [3.63, 3.8) is 0 Å². The highest BCUT2D eigenvalue weighted by molar-refractivity contribution is 6.34. The van der Waals surface area contributed by atoms with Crippen molar-refractivity contribution in [3.8, 4) is 0 Å². The molecule has 1 amide bonds. The minimum Gasteiger partial charge on any atom is -0.352 e. The molecule has 2 aromatic heterocycles. The quantitative estimate of drug-likeness (QED) is 0.659. The molecule has 4 rings (SSSR count). The highest BCUT2D eigenvalue weighted by Gasteiger charge is 2.22. The van der Waals surface area contributed by atoms with Crippen molar-refractivity contribution in [1.29, 1.82) is 0 Å². The van der Waals surface area contributed by atoms with Crippen molar-refractivity contribution in [1.82, 2.24) is 9.97 Å². The van der Waals surface area contributed by atoms with E-state index in [0.717, 1.165) is 33.1 Å². The predicted molar refractivity (Wildman–Crippen MR) is 75.6 cm³/mol. The van der Waals surface area contributed by atoms with Crippen LogP contribution in [0.2, 0.25) is 5.02 Å². The van der Waals surface area contributed by atoms with E-state index in [2.05, 4.69) is 15.3 Å². The molecule has 3 heterocycles. The molecule has 0 saturated carbocycles. The molecule has 1 aliphatic rings. The fourth-order valence-electron chi connectivity index (χ4n) is 2.72. The first kappa shape index (κ1) is 10.8. The van der Waals surface area contributed by atoms with Gasteiger partial charge < -0.3 is 10.3 Å². The van der Waals surface area contributed by atoms with Gasteiger partial charge in [0, 0.05) is 28.4 Å². The van der Waals surface area contributed by atoms with E-state index in [-0.39, 0.29) is 5.91 Å². The number of benzene rings is 1. The zero-order valence-electron chi connectivity index (χ0n) is 9.96. The number of anilines is 1. The van der Waals surface area contributed by atoms with Crippen molar-refractivity contribution in [2.75, 3.05) is 5.32 Å². The van der Waals surface area contributed by atoms with Crippen molar-refractivity contribution < 1.29 is 4.79 Å². The summed E-state index contributed by atoms with van der Waals surface area (Å²) in [6, 6.07) is 3.91. The zero-order chi connectivity index (χ0) is 13.0. The Kier molecular flexibility index (Phi) is 2.11. The first-order valence-corrected chi connectivity index (χ1v) is 6.48. The van der Waals surface area contributed by atoms with Crippen LogP contribution in [0.25, 0.3) is 21.8 Å². The van der Waals surface area contributed by atoms with Gasteiger partial charge in [-0.2, -0.15) is 0 Å². The number of pyridine rings is 1. The van der Waals surface area contributed by atoms with Gasteiger partial charge in [0.15, 0.2) is 0 Å². The van der Waals surface area contributed by atoms with Crippen LogP contribution in [0.3, 0.4) is 0 Å². The maximum absolute atomic E-state index is 11.6. The Morgan fingerprint density at radius 1 is 1.26 bits per heavy atom. The number of rotatable bonds is 0. The average Bonchev–Trinajstić information content (AvgIpc) is 2.78. The second-order valence-corrected chi connectivity index (χ2v) is 5.14. The van der Waals surface area contributed by atoms with Gasteiger partial charge in [0.05, 0.1) is 22.9 Å². The lowest BCUT2D eigenvalue weighted by atomic mass is 10.00. The third-order valence-electron chi connectivity index (χ3n) is 3.62. The van der Waals surface area contributed by atoms with Crippen LogP contribution in [0, 0.1) is 0 Å². The minimum atomic E-state index is 0.0350. The molecule has 0 aliphatic carbocycles. The summed E-state index contributed by atoms with van der Waals surface area (Å²) in [4.78, 5) is 19.0. The second-order valence-electron chi connectivity index (χ2n) is 4.73. The first-order valence-electron chi connectivity index (χ1n) is 6.10. The summed E-state index contributed by atoms with van der Waals surface area (Å²) in [5.41, 5.74) is 3.69. The molecule has 4 nitrogen and oxygen atoms in total. The molecule has 94 valence electrons. The summed E-state index contributed by atoms with van der Waals surface area (Å²) in [5, 5.41) is 5.72. The summed E-state index contributed by atoms with van der Waals surface area (Å²) in [6.45, 7) is 0. The summed E-state index contributed by atoms with van der Waals surface area (Å²) in [5.74, 6) is 0.0350. The molecule has 5 heteroatoms. The van der Waals surface area contributed by atoms with E-state index in [4.69, 9.17) is 11.6 Å². The highest BCUT2D eigenvalue weighted by Crippen LogP contribution is 2.39. The molecule has 0 bridgehead atoms. The molecule has 0 saturated heterocycles. The monoisotopic (exact) mass is 271 g/mol. The number of hydrogen-bond acceptors (Lipinski definition) is 2. The van der Waals surface area contributed by atoms with Gasteiger partial charge in [-0.15, -0.1) is 0 Å². The molecule has 0 spiro atoms. The molecule has 2 N–H and O–H groups in total. The Morgan fingerprint density at radius 3 is 3.05 bits per heavy atom. The molecule has 19 heavy (non-hydrogen) atoms. The van der Waals surface area contributed by atoms with E-state index in [1.165, 1.54) is 0 Å². The molecule has 3 aromatic rings. The number of H-pyrrole nitrogens is 1. The summed E-state index contributed by atoms with van der Waals surface area (Å²) in [6.07, 6.45) is 4.70. The molecular formula is C14H10ClN3O. The van der Waals surface area contributed by atoms with Crippen LogP contribution in [-0.2, 0) is 11.2 Å². The van der Waals surface area contributed by atoms with Gasteiger partial charge in [-0.25, -0.2) is 0 Å². The van der Waals surface area contributed by atoms with Crippen molar-refractivity contribution in [2.45, 2.75) is 12.8 Å². The van der Waals surface area contributed by atoms with E-state index in [0.29, 0.717) is 17.9 Å². The van der Waals surface area contributed by atoms with Crippen LogP contribution in [-0.4, -0.2) is 15.9 Å². The molecule has 0 radical (unpaired) electrons. The smallest absolute Gasteiger partial charge is 0.224 e. The maximum Gasteiger partial charge on any atom is 0.224 e. The van der Waals surface area contributed by atoms with E-state index >= 15 is 0 Å². The van der Waals surface area contributed by atoms with Crippen LogP contribution in [0.5, 0.6) is 0 Å². The Morgan fingerprint density at radius 2 is 2.16 bits per heavy atom. The number of nitrogens with one attached hydrogen (secondary N) is 2. The Hall–Kier alpha value is -2.07. The minimum absolute atomic E-state index is 0.0350. The summed E-state index contributed by atoms with van der Waals surface area (Å²) in [7, 11) is 0. The molecule has 1 aliphatic heterocycles. The van der Waals surface area contributed by atoms with Gasteiger partial charge in [-0.05, 0) is 24.1 Å². The predicted octanol–water partition coefficient (Wildman–Crippen LogP) is 3.25. The third kappa shape index (κ3) is 1.47. The average molecular weight is 272 g/mol. The number of carbonyl (C=O) groups excluding carboxylic acids is 1. The SMILES string of the molecule is O=C1CCc2c(Cl)cc3c([nH]c4cnccc43)c2N1. The fraction of sp³-hybridized carbons (Fsp3) is 0.143. The van der Waals surface area contributed by atoms with Gasteiger partial charge in [-0.1, -0.05) is 11.6 Å². The number of carbonyl (C=O) groups is 1. The van der Waals surface area contributed by atoms with Crippen molar-refractivity contribution in [3.05, 3.63) is 35.1 Å². The van der Waals surface area contributed by atoms with Gasteiger partial charge in [-0.3, -0.25) is 9.78 Å². The van der Waals surface area contributed by atoms with Crippen LogP contribution in [0.4, 0.5) is 5.69 Å². The summed E-state index contributed by atoms with van der Waals surface area (Å²) >= 11 is 6.35. The van der Waals surface area contributed by atoms with Crippen LogP contribution in [0.15, 0.2) is 24.5 Å². The second kappa shape index (κ2) is 3.71. The number of aromatic amines is 1. The lowest BCUT2D eigenvalue weighted by Gasteiger charge is -2.18. The fourth-order valence-corrected chi connectivity index (χ4v) is 3.02. The van der Waals surface area contributed by atoms with E-state index in [1.54, 1.807) is 12.4 Å². The van der Waals surface area contributed by atoms with E-state index < -0.39 is 0 Å². The molecule has 0 unspecified atom stereocenters. The molecule has 1 aromatic carbocycles. The van der Waals surface area contributed by atoms with E-state index in [1.807, 2.05) is 12.1 Å². The van der Waals surface area contributed by atoms with Crippen molar-refractivity contribution >= 4 is 45.0 Å². The largest absolute Gasteiger partial charge is 0.352 e. The Bertz CT molecular complexity index is 837. The van der Waals surface area contributed by atoms with Crippen molar-refractivity contribution in [2.24, 2.45) is 0 Å². The number of amides is 1. The molecular weight excluding hydrogens is 262 g/mol. The number of nitrogens with zero attached hydrogens (tertiary/aromatic N) is 1. The topological polar surface area (TPSA) is 57.8 Å². The van der Waals surface area contributed by atoms with Crippen LogP contribution < -0.4 is 5.32 Å². The normalized spacial score (nSPS) is 14.7. The lowest BCUT2D eigenvalue weighted by Crippen LogP contribution is -2.19. The van der Waals surface area contributed by atoms with Crippen LogP contribution in [0.1, 0.15) is 12.0 Å². The highest BCUT2D eigenvalue weighted by atomic mass is 35.5. The third-order valence-corrected chi connectivity index (χ3v) is 3.96. The summed E-state index contributed by atoms with van der Waals surface area (Å²) < 4.78 is 0. The standard InChI is InChI=1S/C14H10ClN3O/c15-10-5-9-7-3-4-16-6-11(7)17-14(9)13-8(10)1-2-12(19)18-13/h3-6,17H,1-2H2,(H,18,19). The number of fused-ring (bicyclic) bond motifs is 5. The Balaban J connectivity index is 2.17. The van der Waals surface area contributed by atoms with E-state index in [9.17, 15) is 4.79 Å². The van der Waals surface area contributed by atoms with Crippen LogP contribution >= 0.6 is 11.6 Å².